The average molecular weight is 235 g/mol. The Morgan fingerprint density at radius 1 is 1.29 bits per heavy atom. The monoisotopic (exact) mass is 235 g/mol. The molecule has 2 heteroatoms. The van der Waals surface area contributed by atoms with E-state index in [2.05, 4.69) is 0 Å². The largest absolute Gasteiger partial charge is 0.330 e. The van der Waals surface area contributed by atoms with Gasteiger partial charge in [0, 0.05) is 0 Å². The van der Waals surface area contributed by atoms with Crippen LogP contribution >= 0.6 is 0 Å². The molecule has 1 saturated carbocycles. The second-order valence-corrected chi connectivity index (χ2v) is 5.22. The van der Waals surface area contributed by atoms with E-state index in [9.17, 15) is 4.39 Å². The molecule has 94 valence electrons. The molecule has 1 aromatic carbocycles. The van der Waals surface area contributed by atoms with E-state index < -0.39 is 0 Å². The van der Waals surface area contributed by atoms with Gasteiger partial charge in [-0.15, -0.1) is 0 Å². The van der Waals surface area contributed by atoms with Crippen molar-refractivity contribution in [1.82, 2.24) is 0 Å². The number of nitrogens with two attached hydrogens (primary N) is 1. The maximum Gasteiger partial charge on any atom is 0.123 e. The van der Waals surface area contributed by atoms with Gasteiger partial charge in [-0.05, 0) is 48.9 Å². The lowest BCUT2D eigenvalue weighted by atomic mass is 9.90. The Labute approximate surface area is 103 Å². The fourth-order valence-electron chi connectivity index (χ4n) is 2.92. The zero-order valence-corrected chi connectivity index (χ0v) is 10.4. The number of benzene rings is 1. The molecule has 1 aliphatic rings. The summed E-state index contributed by atoms with van der Waals surface area (Å²) < 4.78 is 13.2. The van der Waals surface area contributed by atoms with Crippen molar-refractivity contribution >= 4 is 0 Å². The molecule has 1 nitrogen and oxygen atoms in total. The van der Waals surface area contributed by atoms with E-state index in [1.165, 1.54) is 38.2 Å². The van der Waals surface area contributed by atoms with Crippen molar-refractivity contribution in [2.75, 3.05) is 6.54 Å². The molecule has 1 unspecified atom stereocenters. The van der Waals surface area contributed by atoms with Crippen LogP contribution in [-0.4, -0.2) is 6.54 Å². The Morgan fingerprint density at radius 2 is 2.06 bits per heavy atom. The Kier molecular flexibility index (Phi) is 4.55. The summed E-state index contributed by atoms with van der Waals surface area (Å²) in [6, 6.07) is 6.90. The van der Waals surface area contributed by atoms with E-state index in [0.29, 0.717) is 12.5 Å². The SMILES string of the molecule is NCC(CCC1CCCC1)c1cccc(F)c1. The Balaban J connectivity index is 1.91. The Bertz CT molecular complexity index is 345. The van der Waals surface area contributed by atoms with Gasteiger partial charge in [0.15, 0.2) is 0 Å². The standard InChI is InChI=1S/C15H22FN/c16-15-7-3-6-13(10-15)14(11-17)9-8-12-4-1-2-5-12/h3,6-7,10,12,14H,1-2,4-5,8-9,11,17H2. The summed E-state index contributed by atoms with van der Waals surface area (Å²) in [6.07, 6.45) is 7.87. The third-order valence-electron chi connectivity index (χ3n) is 4.00. The van der Waals surface area contributed by atoms with Crippen LogP contribution in [0.25, 0.3) is 0 Å². The number of halogens is 1. The molecule has 0 amide bonds. The molecule has 1 atom stereocenters. The average Bonchev–Trinajstić information content (AvgIpc) is 2.83. The van der Waals surface area contributed by atoms with E-state index >= 15 is 0 Å². The highest BCUT2D eigenvalue weighted by Gasteiger charge is 2.17. The summed E-state index contributed by atoms with van der Waals surface area (Å²) in [7, 11) is 0. The van der Waals surface area contributed by atoms with Crippen molar-refractivity contribution < 1.29 is 4.39 Å². The van der Waals surface area contributed by atoms with Crippen LogP contribution in [0.3, 0.4) is 0 Å². The molecule has 17 heavy (non-hydrogen) atoms. The maximum absolute atomic E-state index is 13.2. The van der Waals surface area contributed by atoms with Gasteiger partial charge in [-0.25, -0.2) is 4.39 Å². The minimum Gasteiger partial charge on any atom is -0.330 e. The Morgan fingerprint density at radius 3 is 2.71 bits per heavy atom. The zero-order valence-electron chi connectivity index (χ0n) is 10.4. The summed E-state index contributed by atoms with van der Waals surface area (Å²) in [5, 5.41) is 0. The summed E-state index contributed by atoms with van der Waals surface area (Å²) in [6.45, 7) is 0.621. The third kappa shape index (κ3) is 3.53. The highest BCUT2D eigenvalue weighted by atomic mass is 19.1. The highest BCUT2D eigenvalue weighted by molar-refractivity contribution is 5.21. The van der Waals surface area contributed by atoms with Gasteiger partial charge in [0.2, 0.25) is 0 Å². The van der Waals surface area contributed by atoms with Crippen LogP contribution in [0.4, 0.5) is 4.39 Å². The first kappa shape index (κ1) is 12.6. The second-order valence-electron chi connectivity index (χ2n) is 5.22. The Hall–Kier alpha value is -0.890. The van der Waals surface area contributed by atoms with Crippen molar-refractivity contribution in [3.05, 3.63) is 35.6 Å². The van der Waals surface area contributed by atoms with Crippen molar-refractivity contribution in [2.24, 2.45) is 11.7 Å². The number of hydrogen-bond acceptors (Lipinski definition) is 1. The van der Waals surface area contributed by atoms with E-state index in [0.717, 1.165) is 17.9 Å². The molecule has 1 aromatic rings. The molecular formula is C15H22FN. The molecular weight excluding hydrogens is 213 g/mol. The van der Waals surface area contributed by atoms with Crippen molar-refractivity contribution in [1.29, 1.82) is 0 Å². The van der Waals surface area contributed by atoms with Crippen LogP contribution in [0, 0.1) is 11.7 Å². The molecule has 0 radical (unpaired) electrons. The quantitative estimate of drug-likeness (QED) is 0.824. The van der Waals surface area contributed by atoms with Crippen LogP contribution < -0.4 is 5.73 Å². The summed E-state index contributed by atoms with van der Waals surface area (Å²) in [4.78, 5) is 0. The minimum absolute atomic E-state index is 0.151. The highest BCUT2D eigenvalue weighted by Crippen LogP contribution is 2.32. The summed E-state index contributed by atoms with van der Waals surface area (Å²) in [5.41, 5.74) is 6.88. The predicted octanol–water partition coefficient (Wildman–Crippen LogP) is 3.84. The fraction of sp³-hybridized carbons (Fsp3) is 0.600. The molecule has 0 spiro atoms. The first-order valence-electron chi connectivity index (χ1n) is 6.75. The van der Waals surface area contributed by atoms with E-state index in [4.69, 9.17) is 5.73 Å². The molecule has 1 fully saturated rings. The van der Waals surface area contributed by atoms with Crippen molar-refractivity contribution in [3.63, 3.8) is 0 Å². The van der Waals surface area contributed by atoms with Crippen molar-refractivity contribution in [2.45, 2.75) is 44.4 Å². The molecule has 0 aliphatic heterocycles. The number of rotatable bonds is 5. The van der Waals surface area contributed by atoms with Gasteiger partial charge in [0.25, 0.3) is 0 Å². The lowest BCUT2D eigenvalue weighted by Gasteiger charge is -2.17. The van der Waals surface area contributed by atoms with Gasteiger partial charge in [0.1, 0.15) is 5.82 Å². The van der Waals surface area contributed by atoms with Gasteiger partial charge in [-0.3, -0.25) is 0 Å². The maximum atomic E-state index is 13.2. The lowest BCUT2D eigenvalue weighted by molar-refractivity contribution is 0.451. The van der Waals surface area contributed by atoms with Crippen LogP contribution in [0.2, 0.25) is 0 Å². The van der Waals surface area contributed by atoms with Gasteiger partial charge in [-0.1, -0.05) is 37.8 Å². The third-order valence-corrected chi connectivity index (χ3v) is 4.00. The van der Waals surface area contributed by atoms with Crippen LogP contribution in [0.1, 0.15) is 50.0 Å². The van der Waals surface area contributed by atoms with Gasteiger partial charge in [0.05, 0.1) is 0 Å². The van der Waals surface area contributed by atoms with Crippen LogP contribution in [-0.2, 0) is 0 Å². The summed E-state index contributed by atoms with van der Waals surface area (Å²) in [5.74, 6) is 1.06. The molecule has 0 aromatic heterocycles. The normalized spacial score (nSPS) is 18.5. The predicted molar refractivity (Wildman–Crippen MR) is 69.4 cm³/mol. The van der Waals surface area contributed by atoms with Crippen LogP contribution in [0.15, 0.2) is 24.3 Å². The van der Waals surface area contributed by atoms with Crippen LogP contribution in [0.5, 0.6) is 0 Å². The second kappa shape index (κ2) is 6.15. The number of hydrogen-bond donors (Lipinski definition) is 1. The zero-order chi connectivity index (χ0) is 12.1. The van der Waals surface area contributed by atoms with Gasteiger partial charge < -0.3 is 5.73 Å². The van der Waals surface area contributed by atoms with E-state index in [1.54, 1.807) is 12.1 Å². The smallest absolute Gasteiger partial charge is 0.123 e. The van der Waals surface area contributed by atoms with Crippen molar-refractivity contribution in [3.8, 4) is 0 Å². The molecule has 1 aliphatic carbocycles. The first-order valence-corrected chi connectivity index (χ1v) is 6.75. The van der Waals surface area contributed by atoms with E-state index in [-0.39, 0.29) is 5.82 Å². The molecule has 0 bridgehead atoms. The molecule has 2 rings (SSSR count). The first-order chi connectivity index (χ1) is 8.29. The molecule has 2 N–H and O–H groups in total. The minimum atomic E-state index is -0.151. The van der Waals surface area contributed by atoms with Gasteiger partial charge >= 0.3 is 0 Å². The van der Waals surface area contributed by atoms with Gasteiger partial charge in [-0.2, -0.15) is 0 Å². The molecule has 0 heterocycles. The molecule has 0 saturated heterocycles. The summed E-state index contributed by atoms with van der Waals surface area (Å²) >= 11 is 0. The topological polar surface area (TPSA) is 26.0 Å². The fourth-order valence-corrected chi connectivity index (χ4v) is 2.92. The lowest BCUT2D eigenvalue weighted by Crippen LogP contribution is -2.13. The van der Waals surface area contributed by atoms with E-state index in [1.807, 2.05) is 6.07 Å².